The quantitative estimate of drug-likeness (QED) is 0.397. The molecule has 4 rings (SSSR count). The molecular weight excluding hydrogens is 302 g/mol. The fourth-order valence-electron chi connectivity index (χ4n) is 4.35. The SMILES string of the molecule is CC12N=CNC(N)=C1N=CN2[C@@H]1O[C@H](CO)[C@@]2(O)C(C)(C)[C@@]12O. The molecule has 0 aromatic rings. The molecule has 0 bridgehead atoms. The van der Waals surface area contributed by atoms with Gasteiger partial charge in [-0.2, -0.15) is 0 Å². The summed E-state index contributed by atoms with van der Waals surface area (Å²) in [4.78, 5) is 10.3. The van der Waals surface area contributed by atoms with Crippen molar-refractivity contribution in [1.82, 2.24) is 10.2 Å². The molecule has 3 aliphatic heterocycles. The summed E-state index contributed by atoms with van der Waals surface area (Å²) in [6.07, 6.45) is 1.17. The lowest BCUT2D eigenvalue weighted by molar-refractivity contribution is -0.147. The molecule has 9 heteroatoms. The van der Waals surface area contributed by atoms with Gasteiger partial charge in [0.05, 0.1) is 19.3 Å². The van der Waals surface area contributed by atoms with Crippen LogP contribution in [0.5, 0.6) is 0 Å². The van der Waals surface area contributed by atoms with E-state index in [2.05, 4.69) is 15.3 Å². The van der Waals surface area contributed by atoms with Crippen molar-refractivity contribution in [3.8, 4) is 0 Å². The number of nitrogens with two attached hydrogens (primary N) is 1. The summed E-state index contributed by atoms with van der Waals surface area (Å²) in [6.45, 7) is 4.90. The van der Waals surface area contributed by atoms with Gasteiger partial charge in [0.25, 0.3) is 0 Å². The number of nitrogens with one attached hydrogen (secondary N) is 1. The summed E-state index contributed by atoms with van der Waals surface area (Å²) in [7, 11) is 0. The lowest BCUT2D eigenvalue weighted by atomic mass is 10.00. The third-order valence-corrected chi connectivity index (χ3v) is 6.01. The van der Waals surface area contributed by atoms with E-state index in [-0.39, 0.29) is 0 Å². The minimum absolute atomic E-state index is 0.371. The Hall–Kier alpha value is -1.68. The highest BCUT2D eigenvalue weighted by molar-refractivity contribution is 5.71. The van der Waals surface area contributed by atoms with Crippen LogP contribution in [0.1, 0.15) is 20.8 Å². The average molecular weight is 323 g/mol. The molecule has 0 aromatic heterocycles. The molecule has 0 spiro atoms. The van der Waals surface area contributed by atoms with E-state index >= 15 is 0 Å². The zero-order valence-electron chi connectivity index (χ0n) is 13.2. The van der Waals surface area contributed by atoms with Gasteiger partial charge in [-0.05, 0) is 6.92 Å². The first-order valence-corrected chi connectivity index (χ1v) is 7.50. The molecule has 1 saturated carbocycles. The number of aliphatic imine (C=N–C) groups is 2. The van der Waals surface area contributed by atoms with Crippen molar-refractivity contribution in [3.63, 3.8) is 0 Å². The first kappa shape index (κ1) is 14.9. The van der Waals surface area contributed by atoms with Crippen molar-refractivity contribution in [2.24, 2.45) is 21.1 Å². The van der Waals surface area contributed by atoms with E-state index in [0.717, 1.165) is 0 Å². The van der Waals surface area contributed by atoms with Crippen LogP contribution in [0.3, 0.4) is 0 Å². The van der Waals surface area contributed by atoms with Crippen LogP contribution in [-0.4, -0.2) is 68.7 Å². The summed E-state index contributed by atoms with van der Waals surface area (Å²) < 4.78 is 5.77. The zero-order chi connectivity index (χ0) is 16.8. The summed E-state index contributed by atoms with van der Waals surface area (Å²) in [5.41, 5.74) is 1.58. The maximum atomic E-state index is 11.1. The number of nitrogens with zero attached hydrogens (tertiary/aromatic N) is 3. The second-order valence-corrected chi connectivity index (χ2v) is 7.15. The van der Waals surface area contributed by atoms with Crippen molar-refractivity contribution >= 4 is 12.7 Å². The topological polar surface area (TPSA) is 136 Å². The second-order valence-electron chi connectivity index (χ2n) is 7.15. The third kappa shape index (κ3) is 1.27. The van der Waals surface area contributed by atoms with Gasteiger partial charge in [0.2, 0.25) is 0 Å². The van der Waals surface area contributed by atoms with E-state index in [1.807, 2.05) is 0 Å². The lowest BCUT2D eigenvalue weighted by Crippen LogP contribution is -2.56. The smallest absolute Gasteiger partial charge is 0.180 e. The van der Waals surface area contributed by atoms with Gasteiger partial charge in [0.1, 0.15) is 28.8 Å². The number of hydrogen-bond donors (Lipinski definition) is 5. The van der Waals surface area contributed by atoms with Crippen molar-refractivity contribution < 1.29 is 20.1 Å². The Morgan fingerprint density at radius 3 is 2.65 bits per heavy atom. The van der Waals surface area contributed by atoms with E-state index in [9.17, 15) is 15.3 Å². The van der Waals surface area contributed by atoms with E-state index in [0.29, 0.717) is 11.5 Å². The Balaban J connectivity index is 1.77. The number of ether oxygens (including phenoxy) is 1. The van der Waals surface area contributed by atoms with Gasteiger partial charge in [0.15, 0.2) is 11.9 Å². The van der Waals surface area contributed by atoms with E-state index in [1.165, 1.54) is 12.7 Å². The van der Waals surface area contributed by atoms with Crippen molar-refractivity contribution in [2.75, 3.05) is 6.61 Å². The van der Waals surface area contributed by atoms with Crippen LogP contribution in [0.15, 0.2) is 21.5 Å². The lowest BCUT2D eigenvalue weighted by Gasteiger charge is -2.40. The Kier molecular flexibility index (Phi) is 2.50. The van der Waals surface area contributed by atoms with Crippen LogP contribution in [0, 0.1) is 5.41 Å². The zero-order valence-corrected chi connectivity index (χ0v) is 13.2. The van der Waals surface area contributed by atoms with Gasteiger partial charge in [-0.25, -0.2) is 9.98 Å². The van der Waals surface area contributed by atoms with E-state index < -0.39 is 41.2 Å². The number of hydrogen-bond acceptors (Lipinski definition) is 9. The largest absolute Gasteiger partial charge is 0.394 e. The molecule has 0 aromatic carbocycles. The molecule has 1 saturated heterocycles. The van der Waals surface area contributed by atoms with Crippen LogP contribution in [0.25, 0.3) is 0 Å². The first-order chi connectivity index (χ1) is 10.7. The number of aliphatic hydroxyl groups excluding tert-OH is 1. The Bertz CT molecular complexity index is 676. The molecule has 2 fully saturated rings. The maximum Gasteiger partial charge on any atom is 0.180 e. The second kappa shape index (κ2) is 3.86. The highest BCUT2D eigenvalue weighted by Crippen LogP contribution is 2.73. The standard InChI is InChI=1S/C14H21N5O4/c1-11(2)13(21)7(4-20)23-10(14(11,13)22)19-6-17-8-9(15)16-5-18-12(8,19)3/h5-7,10,20-22H,4,15H2,1-3H3,(H,16,18)/t7-,10-,12?,13-,14+/m1/s1. The van der Waals surface area contributed by atoms with Gasteiger partial charge < -0.3 is 36.0 Å². The molecule has 0 radical (unpaired) electrons. The summed E-state index contributed by atoms with van der Waals surface area (Å²) in [5.74, 6) is 0.371. The molecule has 1 aliphatic carbocycles. The molecule has 5 atom stereocenters. The highest BCUT2D eigenvalue weighted by atomic mass is 16.6. The van der Waals surface area contributed by atoms with Crippen LogP contribution >= 0.6 is 0 Å². The Labute approximate surface area is 133 Å². The molecule has 3 heterocycles. The van der Waals surface area contributed by atoms with E-state index in [1.54, 1.807) is 25.7 Å². The highest BCUT2D eigenvalue weighted by Gasteiger charge is 2.93. The van der Waals surface area contributed by atoms with Crippen LogP contribution in [0.2, 0.25) is 0 Å². The monoisotopic (exact) mass is 323 g/mol. The number of rotatable bonds is 2. The van der Waals surface area contributed by atoms with Crippen molar-refractivity contribution in [2.45, 2.75) is 50.0 Å². The summed E-state index contributed by atoms with van der Waals surface area (Å²) >= 11 is 0. The Morgan fingerprint density at radius 1 is 1.35 bits per heavy atom. The molecule has 1 unspecified atom stereocenters. The summed E-state index contributed by atoms with van der Waals surface area (Å²) in [6, 6.07) is 0. The average Bonchev–Trinajstić information content (AvgIpc) is 2.80. The van der Waals surface area contributed by atoms with E-state index in [4.69, 9.17) is 10.5 Å². The van der Waals surface area contributed by atoms with Crippen LogP contribution in [-0.2, 0) is 4.74 Å². The number of fused-ring (bicyclic) bond motifs is 2. The van der Waals surface area contributed by atoms with Gasteiger partial charge in [-0.15, -0.1) is 0 Å². The van der Waals surface area contributed by atoms with Crippen molar-refractivity contribution in [1.29, 1.82) is 0 Å². The fourth-order valence-corrected chi connectivity index (χ4v) is 4.35. The first-order valence-electron chi connectivity index (χ1n) is 7.50. The molecule has 6 N–H and O–H groups in total. The van der Waals surface area contributed by atoms with Crippen LogP contribution < -0.4 is 11.1 Å². The predicted molar refractivity (Wildman–Crippen MR) is 81.0 cm³/mol. The molecule has 126 valence electrons. The third-order valence-electron chi connectivity index (χ3n) is 6.01. The van der Waals surface area contributed by atoms with Crippen molar-refractivity contribution in [3.05, 3.63) is 11.5 Å². The van der Waals surface area contributed by atoms with Gasteiger partial charge >= 0.3 is 0 Å². The van der Waals surface area contributed by atoms with Crippen LogP contribution in [0.4, 0.5) is 0 Å². The molecular formula is C14H21N5O4. The van der Waals surface area contributed by atoms with Gasteiger partial charge in [-0.1, -0.05) is 13.8 Å². The minimum Gasteiger partial charge on any atom is -0.394 e. The molecule has 23 heavy (non-hydrogen) atoms. The predicted octanol–water partition coefficient (Wildman–Crippen LogP) is -1.97. The van der Waals surface area contributed by atoms with Gasteiger partial charge in [-0.3, -0.25) is 0 Å². The Morgan fingerprint density at radius 2 is 2.04 bits per heavy atom. The summed E-state index contributed by atoms with van der Waals surface area (Å²) in [5, 5.41) is 34.4. The molecule has 4 aliphatic rings. The fraction of sp³-hybridized carbons (Fsp3) is 0.714. The molecule has 9 nitrogen and oxygen atoms in total. The normalized spacial score (nSPS) is 49.2. The minimum atomic E-state index is -1.55. The maximum absolute atomic E-state index is 11.1. The molecule has 0 amide bonds. The number of aliphatic hydroxyl groups is 3. The van der Waals surface area contributed by atoms with Gasteiger partial charge in [0, 0.05) is 5.41 Å².